The minimum absolute atomic E-state index is 0.00102. The lowest BCUT2D eigenvalue weighted by Gasteiger charge is -2.23. The number of amides is 3. The molecule has 2 rings (SSSR count). The highest BCUT2D eigenvalue weighted by Gasteiger charge is 2.27. The molecule has 0 saturated carbocycles. The molecule has 0 aliphatic carbocycles. The van der Waals surface area contributed by atoms with Crippen LogP contribution < -0.4 is 21.7 Å². The van der Waals surface area contributed by atoms with E-state index in [1.54, 1.807) is 0 Å². The van der Waals surface area contributed by atoms with Crippen LogP contribution in [-0.2, 0) is 32.0 Å². The van der Waals surface area contributed by atoms with Crippen molar-refractivity contribution in [3.63, 3.8) is 0 Å². The molecule has 0 aromatic carbocycles. The maximum atomic E-state index is 12.7. The summed E-state index contributed by atoms with van der Waals surface area (Å²) in [5, 5.41) is 16.7. The monoisotopic (exact) mass is 462 g/mol. The van der Waals surface area contributed by atoms with Gasteiger partial charge in [-0.1, -0.05) is 20.3 Å². The fourth-order valence-electron chi connectivity index (χ4n) is 2.96. The molecular weight excluding hydrogens is 432 g/mol. The predicted molar refractivity (Wildman–Crippen MR) is 117 cm³/mol. The van der Waals surface area contributed by atoms with E-state index in [2.05, 4.69) is 35.9 Å². The minimum Gasteiger partial charge on any atom is -0.480 e. The molecule has 33 heavy (non-hydrogen) atoms. The Morgan fingerprint density at radius 3 is 2.06 bits per heavy atom. The Labute approximate surface area is 190 Å². The number of H-pyrrole nitrogens is 2. The van der Waals surface area contributed by atoms with Crippen LogP contribution in [0.15, 0.2) is 25.0 Å². The summed E-state index contributed by atoms with van der Waals surface area (Å²) in [7, 11) is 0. The molecule has 0 spiro atoms. The molecule has 2 aromatic rings. The predicted octanol–water partition coefficient (Wildman–Crippen LogP) is -1.54. The third-order valence-corrected chi connectivity index (χ3v) is 5.21. The SMILES string of the molecule is CCC(C)C(N)C(=O)NC(Cc1cnc[nH]1)C(=O)NCC(=O)NC(Cc1cnc[nH]1)C(=O)O. The number of nitrogens with two attached hydrogens (primary N) is 1. The molecule has 0 saturated heterocycles. The Balaban J connectivity index is 1.96. The first-order valence-corrected chi connectivity index (χ1v) is 10.5. The Hall–Kier alpha value is -3.74. The van der Waals surface area contributed by atoms with E-state index in [1.807, 2.05) is 13.8 Å². The van der Waals surface area contributed by atoms with Gasteiger partial charge in [0.2, 0.25) is 17.7 Å². The van der Waals surface area contributed by atoms with Gasteiger partial charge >= 0.3 is 5.97 Å². The highest BCUT2D eigenvalue weighted by molar-refractivity contribution is 5.92. The molecule has 13 heteroatoms. The van der Waals surface area contributed by atoms with Crippen LogP contribution in [0.25, 0.3) is 0 Å². The smallest absolute Gasteiger partial charge is 0.326 e. The van der Waals surface area contributed by atoms with E-state index in [1.165, 1.54) is 25.0 Å². The van der Waals surface area contributed by atoms with Crippen LogP contribution in [0, 0.1) is 5.92 Å². The van der Waals surface area contributed by atoms with Gasteiger partial charge in [-0.05, 0) is 5.92 Å². The number of nitrogens with zero attached hydrogens (tertiary/aromatic N) is 2. The Morgan fingerprint density at radius 1 is 1.00 bits per heavy atom. The number of nitrogens with one attached hydrogen (secondary N) is 5. The summed E-state index contributed by atoms with van der Waals surface area (Å²) >= 11 is 0. The molecule has 2 aromatic heterocycles. The van der Waals surface area contributed by atoms with Crippen LogP contribution in [-0.4, -0.2) is 73.4 Å². The Morgan fingerprint density at radius 2 is 1.58 bits per heavy atom. The molecule has 0 bridgehead atoms. The Kier molecular flexibility index (Phi) is 9.54. The number of hydrogen-bond acceptors (Lipinski definition) is 7. The lowest BCUT2D eigenvalue weighted by Crippen LogP contribution is -2.55. The van der Waals surface area contributed by atoms with E-state index in [0.29, 0.717) is 17.8 Å². The van der Waals surface area contributed by atoms with E-state index in [4.69, 9.17) is 5.73 Å². The molecule has 3 amide bonds. The number of aliphatic carboxylic acids is 1. The minimum atomic E-state index is -1.23. The van der Waals surface area contributed by atoms with Crippen molar-refractivity contribution in [1.29, 1.82) is 0 Å². The number of carbonyl (C=O) groups excluding carboxylic acids is 3. The zero-order valence-electron chi connectivity index (χ0n) is 18.5. The first-order chi connectivity index (χ1) is 15.7. The van der Waals surface area contributed by atoms with Crippen LogP contribution in [0.1, 0.15) is 31.7 Å². The van der Waals surface area contributed by atoms with E-state index in [0.717, 1.165) is 0 Å². The van der Waals surface area contributed by atoms with Gasteiger partial charge in [0, 0.05) is 36.6 Å². The van der Waals surface area contributed by atoms with E-state index >= 15 is 0 Å². The van der Waals surface area contributed by atoms with Crippen molar-refractivity contribution >= 4 is 23.7 Å². The summed E-state index contributed by atoms with van der Waals surface area (Å²) in [5.74, 6) is -3.12. The van der Waals surface area contributed by atoms with Crippen LogP contribution in [0.3, 0.4) is 0 Å². The second-order valence-corrected chi connectivity index (χ2v) is 7.71. The fourth-order valence-corrected chi connectivity index (χ4v) is 2.96. The maximum Gasteiger partial charge on any atom is 0.326 e. The van der Waals surface area contributed by atoms with Crippen LogP contribution in [0.5, 0.6) is 0 Å². The highest BCUT2D eigenvalue weighted by Crippen LogP contribution is 2.07. The topological polar surface area (TPSA) is 208 Å². The van der Waals surface area contributed by atoms with Crippen LogP contribution in [0.4, 0.5) is 0 Å². The summed E-state index contributed by atoms with van der Waals surface area (Å²) in [4.78, 5) is 62.3. The number of hydrogen-bond donors (Lipinski definition) is 7. The summed E-state index contributed by atoms with van der Waals surface area (Å²) in [6, 6.07) is -3.01. The molecule has 13 nitrogen and oxygen atoms in total. The molecule has 0 radical (unpaired) electrons. The van der Waals surface area contributed by atoms with Gasteiger partial charge in [-0.25, -0.2) is 14.8 Å². The second kappa shape index (κ2) is 12.3. The number of aromatic amines is 2. The second-order valence-electron chi connectivity index (χ2n) is 7.71. The zero-order chi connectivity index (χ0) is 24.4. The standard InChI is InChI=1S/C20H30N8O5/c1-3-11(2)17(21)19(31)28-14(4-12-6-22-9-25-12)18(30)24-8-16(29)27-15(20(32)33)5-13-7-23-10-26-13/h6-7,9-11,14-15,17H,3-5,8,21H2,1-2H3,(H,22,25)(H,23,26)(H,24,30)(H,27,29)(H,28,31)(H,32,33). The van der Waals surface area contributed by atoms with Gasteiger partial charge in [0.05, 0.1) is 25.2 Å². The van der Waals surface area contributed by atoms with Gasteiger partial charge in [-0.15, -0.1) is 0 Å². The van der Waals surface area contributed by atoms with Gasteiger partial charge in [-0.3, -0.25) is 14.4 Å². The van der Waals surface area contributed by atoms with Crippen molar-refractivity contribution < 1.29 is 24.3 Å². The number of carboxylic acid groups (broad SMARTS) is 1. The quantitative estimate of drug-likeness (QED) is 0.185. The number of imidazole rings is 2. The third kappa shape index (κ3) is 8.03. The van der Waals surface area contributed by atoms with Gasteiger partial charge in [0.1, 0.15) is 12.1 Å². The molecule has 4 atom stereocenters. The van der Waals surface area contributed by atoms with Crippen molar-refractivity contribution in [2.24, 2.45) is 11.7 Å². The zero-order valence-corrected chi connectivity index (χ0v) is 18.5. The van der Waals surface area contributed by atoms with Crippen LogP contribution >= 0.6 is 0 Å². The molecule has 180 valence electrons. The summed E-state index contributed by atoms with van der Waals surface area (Å²) in [6.07, 6.45) is 6.60. The fraction of sp³-hybridized carbons (Fsp3) is 0.500. The number of aromatic nitrogens is 4. The molecule has 0 fully saturated rings. The lowest BCUT2D eigenvalue weighted by molar-refractivity contribution is -0.141. The van der Waals surface area contributed by atoms with E-state index < -0.39 is 48.4 Å². The van der Waals surface area contributed by atoms with E-state index in [9.17, 15) is 24.3 Å². The van der Waals surface area contributed by atoms with Crippen molar-refractivity contribution in [2.45, 2.75) is 51.2 Å². The first kappa shape index (κ1) is 25.5. The molecule has 4 unspecified atom stereocenters. The normalized spacial score (nSPS) is 14.5. The third-order valence-electron chi connectivity index (χ3n) is 5.21. The van der Waals surface area contributed by atoms with Gasteiger partial charge < -0.3 is 36.8 Å². The average molecular weight is 463 g/mol. The van der Waals surface area contributed by atoms with Gasteiger partial charge in [0.15, 0.2) is 0 Å². The molecular formula is C20H30N8O5. The van der Waals surface area contributed by atoms with Crippen LogP contribution in [0.2, 0.25) is 0 Å². The van der Waals surface area contributed by atoms with Crippen molar-refractivity contribution in [3.8, 4) is 0 Å². The van der Waals surface area contributed by atoms with Crippen molar-refractivity contribution in [1.82, 2.24) is 35.9 Å². The molecule has 2 heterocycles. The van der Waals surface area contributed by atoms with Crippen molar-refractivity contribution in [2.75, 3.05) is 6.54 Å². The molecule has 0 aliphatic rings. The maximum absolute atomic E-state index is 12.7. The summed E-state index contributed by atoms with van der Waals surface area (Å²) < 4.78 is 0. The Bertz CT molecular complexity index is 915. The first-order valence-electron chi connectivity index (χ1n) is 10.5. The number of carbonyl (C=O) groups is 4. The summed E-state index contributed by atoms with van der Waals surface area (Å²) in [6.45, 7) is 3.26. The number of rotatable bonds is 13. The molecule has 0 aliphatic heterocycles. The lowest BCUT2D eigenvalue weighted by atomic mass is 9.99. The van der Waals surface area contributed by atoms with E-state index in [-0.39, 0.29) is 18.8 Å². The molecule has 8 N–H and O–H groups in total. The number of carboxylic acids is 1. The van der Waals surface area contributed by atoms with Gasteiger partial charge in [-0.2, -0.15) is 0 Å². The van der Waals surface area contributed by atoms with Crippen molar-refractivity contribution in [3.05, 3.63) is 36.4 Å². The average Bonchev–Trinajstić information content (AvgIpc) is 3.49. The highest BCUT2D eigenvalue weighted by atomic mass is 16.4. The summed E-state index contributed by atoms with van der Waals surface area (Å²) in [5.41, 5.74) is 7.10. The largest absolute Gasteiger partial charge is 0.480 e. The van der Waals surface area contributed by atoms with Gasteiger partial charge in [0.25, 0.3) is 0 Å².